The van der Waals surface area contributed by atoms with Gasteiger partial charge in [-0.05, 0) is 37.8 Å². The summed E-state index contributed by atoms with van der Waals surface area (Å²) in [4.78, 5) is 16.5. The lowest BCUT2D eigenvalue weighted by molar-refractivity contribution is -0.141. The monoisotopic (exact) mass is 458 g/mol. The maximum Gasteiger partial charge on any atom is 0.433 e. The fraction of sp³-hybridized carbons (Fsp3) is 0.600. The lowest BCUT2D eigenvalue weighted by Gasteiger charge is -2.29. The Kier molecular flexibility index (Phi) is 6.40. The Morgan fingerprint density at radius 3 is 2.03 bits per heavy atom. The first-order valence-electron chi connectivity index (χ1n) is 10.5. The van der Waals surface area contributed by atoms with Gasteiger partial charge in [-0.25, -0.2) is 13.8 Å². The molecule has 1 saturated heterocycles. The van der Waals surface area contributed by atoms with E-state index in [4.69, 9.17) is 4.74 Å². The fourth-order valence-electron chi connectivity index (χ4n) is 3.73. The largest absolute Gasteiger partial charge is 0.433 e. The molecule has 0 aromatic carbocycles. The van der Waals surface area contributed by atoms with Gasteiger partial charge in [-0.2, -0.15) is 28.1 Å². The van der Waals surface area contributed by atoms with Crippen LogP contribution in [0.2, 0.25) is 0 Å². The zero-order valence-corrected chi connectivity index (χ0v) is 17.1. The normalized spacial score (nSPS) is 20.2. The first-order chi connectivity index (χ1) is 15.2. The predicted octanol–water partition coefficient (Wildman–Crippen LogP) is 4.53. The van der Waals surface area contributed by atoms with Crippen LogP contribution in [0.1, 0.15) is 44.2 Å². The number of alkyl halides is 5. The van der Waals surface area contributed by atoms with Gasteiger partial charge < -0.3 is 15.4 Å². The zero-order chi connectivity index (χ0) is 22.8. The summed E-state index contributed by atoms with van der Waals surface area (Å²) in [6.45, 7) is 1.15. The second-order valence-electron chi connectivity index (χ2n) is 8.02. The van der Waals surface area contributed by atoms with Crippen LogP contribution in [0.15, 0.2) is 18.2 Å². The summed E-state index contributed by atoms with van der Waals surface area (Å²) in [6.07, 6.45) is -3.18. The lowest BCUT2D eigenvalue weighted by Crippen LogP contribution is -2.33. The van der Waals surface area contributed by atoms with Crippen molar-refractivity contribution in [3.05, 3.63) is 23.9 Å². The smallest absolute Gasteiger partial charge is 0.381 e. The van der Waals surface area contributed by atoms with Crippen LogP contribution in [0.3, 0.4) is 0 Å². The van der Waals surface area contributed by atoms with Gasteiger partial charge in [0, 0.05) is 38.1 Å². The highest BCUT2D eigenvalue weighted by Gasteiger charge is 2.35. The summed E-state index contributed by atoms with van der Waals surface area (Å²) in [6, 6.07) is 3.25. The Morgan fingerprint density at radius 2 is 1.44 bits per heavy atom. The highest BCUT2D eigenvalue weighted by molar-refractivity contribution is 5.54. The molecule has 0 radical (unpaired) electrons. The third kappa shape index (κ3) is 5.78. The molecule has 0 atom stereocenters. The van der Waals surface area contributed by atoms with Crippen LogP contribution in [0.5, 0.6) is 0 Å². The molecule has 2 fully saturated rings. The maximum atomic E-state index is 13.5. The third-order valence-corrected chi connectivity index (χ3v) is 5.51. The third-order valence-electron chi connectivity index (χ3n) is 5.51. The molecule has 0 amide bonds. The summed E-state index contributed by atoms with van der Waals surface area (Å²) in [7, 11) is 0. The molecule has 0 unspecified atom stereocenters. The number of halogens is 5. The molecule has 1 saturated carbocycles. The van der Waals surface area contributed by atoms with Crippen molar-refractivity contribution in [2.24, 2.45) is 0 Å². The average Bonchev–Trinajstić information content (AvgIpc) is 2.75. The molecule has 12 heteroatoms. The number of pyridine rings is 1. The van der Waals surface area contributed by atoms with Crippen molar-refractivity contribution >= 4 is 11.9 Å². The Hall–Kier alpha value is -2.63. The van der Waals surface area contributed by atoms with E-state index in [1.165, 1.54) is 12.1 Å². The first-order valence-corrected chi connectivity index (χ1v) is 10.5. The zero-order valence-electron chi connectivity index (χ0n) is 17.1. The van der Waals surface area contributed by atoms with Crippen molar-refractivity contribution < 1.29 is 26.7 Å². The van der Waals surface area contributed by atoms with Crippen LogP contribution in [-0.2, 0) is 10.9 Å². The molecule has 1 aliphatic carbocycles. The van der Waals surface area contributed by atoms with Crippen LogP contribution in [0.25, 0.3) is 11.5 Å². The molecular formula is C20H23F5N6O. The summed E-state index contributed by atoms with van der Waals surface area (Å²) in [5.41, 5.74) is -1.12. The number of anilines is 2. The van der Waals surface area contributed by atoms with Crippen LogP contribution in [0.4, 0.5) is 33.8 Å². The van der Waals surface area contributed by atoms with E-state index in [9.17, 15) is 22.0 Å². The molecule has 4 rings (SSSR count). The highest BCUT2D eigenvalue weighted by Crippen LogP contribution is 2.34. The minimum Gasteiger partial charge on any atom is -0.381 e. The molecule has 7 nitrogen and oxygen atoms in total. The molecule has 174 valence electrons. The average molecular weight is 458 g/mol. The van der Waals surface area contributed by atoms with Crippen molar-refractivity contribution in [1.82, 2.24) is 19.9 Å². The van der Waals surface area contributed by atoms with E-state index in [0.717, 1.165) is 18.9 Å². The molecular weight excluding hydrogens is 435 g/mol. The quantitative estimate of drug-likeness (QED) is 0.637. The Morgan fingerprint density at radius 1 is 0.844 bits per heavy atom. The molecule has 32 heavy (non-hydrogen) atoms. The van der Waals surface area contributed by atoms with E-state index < -0.39 is 17.8 Å². The van der Waals surface area contributed by atoms with Gasteiger partial charge in [0.25, 0.3) is 0 Å². The van der Waals surface area contributed by atoms with E-state index in [1.807, 2.05) is 0 Å². The Bertz CT molecular complexity index is 925. The van der Waals surface area contributed by atoms with Gasteiger partial charge in [0.05, 0.1) is 0 Å². The number of aromatic nitrogens is 4. The summed E-state index contributed by atoms with van der Waals surface area (Å²) < 4.78 is 71.6. The second-order valence-corrected chi connectivity index (χ2v) is 8.02. The summed E-state index contributed by atoms with van der Waals surface area (Å²) in [5, 5.41) is 6.22. The standard InChI is InChI=1S/C20H23F5N6O/c21-19(22)8-4-12(5-9-19)26-17-29-16(14-2-1-3-15(28-14)20(23,24)25)30-18(31-17)27-13-6-10-32-11-7-13/h1-3,12-13H,4-11H2,(H2,26,27,29,30,31). The number of nitrogens with zero attached hydrogens (tertiary/aromatic N) is 4. The van der Waals surface area contributed by atoms with Crippen LogP contribution in [0, 0.1) is 0 Å². The molecule has 2 aromatic heterocycles. The van der Waals surface area contributed by atoms with Gasteiger partial charge in [-0.1, -0.05) is 6.07 Å². The first kappa shape index (κ1) is 22.6. The molecule has 2 aromatic rings. The van der Waals surface area contributed by atoms with E-state index in [0.29, 0.717) is 13.2 Å². The number of ether oxygens (including phenoxy) is 1. The Labute approximate surface area is 181 Å². The van der Waals surface area contributed by atoms with Crippen molar-refractivity contribution in [2.75, 3.05) is 23.8 Å². The van der Waals surface area contributed by atoms with Gasteiger partial charge in [0.2, 0.25) is 17.8 Å². The maximum absolute atomic E-state index is 13.5. The molecule has 2 aliphatic rings. The van der Waals surface area contributed by atoms with Crippen molar-refractivity contribution in [1.29, 1.82) is 0 Å². The molecule has 2 N–H and O–H groups in total. The number of rotatable bonds is 5. The number of hydrogen-bond donors (Lipinski definition) is 2. The molecule has 3 heterocycles. The summed E-state index contributed by atoms with van der Waals surface area (Å²) in [5.74, 6) is -2.42. The predicted molar refractivity (Wildman–Crippen MR) is 106 cm³/mol. The Balaban J connectivity index is 1.61. The van der Waals surface area contributed by atoms with Crippen molar-refractivity contribution in [2.45, 2.75) is 62.7 Å². The van der Waals surface area contributed by atoms with Crippen LogP contribution in [-0.4, -0.2) is 51.2 Å². The van der Waals surface area contributed by atoms with Gasteiger partial charge in [0.1, 0.15) is 11.4 Å². The summed E-state index contributed by atoms with van der Waals surface area (Å²) >= 11 is 0. The lowest BCUT2D eigenvalue weighted by atomic mass is 9.92. The molecule has 0 bridgehead atoms. The van der Waals surface area contributed by atoms with Crippen molar-refractivity contribution in [3.8, 4) is 11.5 Å². The second kappa shape index (κ2) is 9.08. The molecule has 0 spiro atoms. The van der Waals surface area contributed by atoms with Gasteiger partial charge >= 0.3 is 6.18 Å². The minimum atomic E-state index is -4.61. The van der Waals surface area contributed by atoms with E-state index in [-0.39, 0.29) is 61.2 Å². The van der Waals surface area contributed by atoms with E-state index in [1.54, 1.807) is 0 Å². The topological polar surface area (TPSA) is 84.9 Å². The minimum absolute atomic E-state index is 0.0368. The van der Waals surface area contributed by atoms with E-state index >= 15 is 0 Å². The highest BCUT2D eigenvalue weighted by atomic mass is 19.4. The number of hydrogen-bond acceptors (Lipinski definition) is 7. The van der Waals surface area contributed by atoms with Crippen LogP contribution >= 0.6 is 0 Å². The van der Waals surface area contributed by atoms with Gasteiger partial charge in [-0.3, -0.25) is 0 Å². The molecule has 1 aliphatic heterocycles. The van der Waals surface area contributed by atoms with E-state index in [2.05, 4.69) is 30.6 Å². The fourth-order valence-corrected chi connectivity index (χ4v) is 3.73. The van der Waals surface area contributed by atoms with Gasteiger partial charge in [0.15, 0.2) is 5.82 Å². The number of nitrogens with one attached hydrogen (secondary N) is 2. The van der Waals surface area contributed by atoms with Crippen molar-refractivity contribution in [3.63, 3.8) is 0 Å². The van der Waals surface area contributed by atoms with Gasteiger partial charge in [-0.15, -0.1) is 0 Å². The SMILES string of the molecule is FC1(F)CCC(Nc2nc(NC3CCOCC3)nc(-c3cccc(C(F)(F)F)n3)n2)CC1. The van der Waals surface area contributed by atoms with Crippen LogP contribution < -0.4 is 10.6 Å².